The largest absolute Gasteiger partial charge is 0.394 e. The first-order valence-electron chi connectivity index (χ1n) is 23.0. The van der Waals surface area contributed by atoms with Gasteiger partial charge in [0.1, 0.15) is 6.10 Å². The minimum absolute atomic E-state index is 0.359. The lowest BCUT2D eigenvalue weighted by atomic mass is 10.0. The number of carbonyl (C=O) groups is 1. The number of unbranched alkanes of at least 4 members (excludes halogenated alkanes) is 34. The number of hydrogen-bond acceptors (Lipinski definition) is 4. The van der Waals surface area contributed by atoms with Gasteiger partial charge in [0, 0.05) is 0 Å². The lowest BCUT2D eigenvalue weighted by molar-refractivity contribution is -0.131. The second-order valence-electron chi connectivity index (χ2n) is 16.0. The summed E-state index contributed by atoms with van der Waals surface area (Å²) >= 11 is 0. The van der Waals surface area contributed by atoms with Crippen molar-refractivity contribution in [3.8, 4) is 0 Å². The lowest BCUT2D eigenvalue weighted by Crippen LogP contribution is -2.48. The van der Waals surface area contributed by atoms with Crippen LogP contribution in [0.2, 0.25) is 0 Å². The van der Waals surface area contributed by atoms with Crippen LogP contribution in [0, 0.1) is 0 Å². The topological polar surface area (TPSA) is 89.8 Å². The predicted molar refractivity (Wildman–Crippen MR) is 222 cm³/mol. The average Bonchev–Trinajstić information content (AvgIpc) is 3.13. The Kier molecular flexibility index (Phi) is 41.1. The highest BCUT2D eigenvalue weighted by Gasteiger charge is 2.22. The van der Waals surface area contributed by atoms with Crippen LogP contribution in [0.15, 0.2) is 12.2 Å². The Bertz CT molecular complexity index is 713. The van der Waals surface area contributed by atoms with Crippen LogP contribution in [0.4, 0.5) is 0 Å². The van der Waals surface area contributed by atoms with E-state index in [2.05, 4.69) is 19.2 Å². The normalized spacial score (nSPS) is 13.6. The number of aliphatic hydroxyl groups is 3. The van der Waals surface area contributed by atoms with E-state index in [1.165, 1.54) is 199 Å². The fourth-order valence-corrected chi connectivity index (χ4v) is 7.25. The number of aliphatic hydroxyl groups excluding tert-OH is 3. The number of amides is 1. The Balaban J connectivity index is 3.59. The summed E-state index contributed by atoms with van der Waals surface area (Å²) in [7, 11) is 0. The fourth-order valence-electron chi connectivity index (χ4n) is 7.25. The summed E-state index contributed by atoms with van der Waals surface area (Å²) in [6.07, 6.45) is 49.7. The lowest BCUT2D eigenvalue weighted by Gasteiger charge is -2.21. The molecule has 304 valence electrons. The maximum absolute atomic E-state index is 12.4. The van der Waals surface area contributed by atoms with Gasteiger partial charge in [0.25, 0.3) is 0 Å². The molecule has 3 atom stereocenters. The summed E-state index contributed by atoms with van der Waals surface area (Å²) in [4.78, 5) is 12.4. The van der Waals surface area contributed by atoms with Crippen molar-refractivity contribution in [3.05, 3.63) is 12.2 Å². The third-order valence-electron chi connectivity index (χ3n) is 10.9. The molecule has 0 fully saturated rings. The minimum atomic E-state index is -1.09. The molecule has 0 aromatic rings. The van der Waals surface area contributed by atoms with Crippen molar-refractivity contribution in [1.82, 2.24) is 5.32 Å². The zero-order chi connectivity index (χ0) is 37.3. The number of carbonyl (C=O) groups excluding carboxylic acids is 1. The van der Waals surface area contributed by atoms with Gasteiger partial charge < -0.3 is 20.6 Å². The molecule has 0 aliphatic carbocycles. The molecule has 3 unspecified atom stereocenters. The molecule has 0 bridgehead atoms. The number of rotatable bonds is 42. The van der Waals surface area contributed by atoms with Crippen molar-refractivity contribution < 1.29 is 20.1 Å². The Hall–Kier alpha value is -0.910. The molecule has 1 amide bonds. The van der Waals surface area contributed by atoms with Crippen LogP contribution < -0.4 is 5.32 Å². The molecule has 0 aromatic carbocycles. The second kappa shape index (κ2) is 41.8. The monoisotopic (exact) mass is 722 g/mol. The van der Waals surface area contributed by atoms with Gasteiger partial charge in [-0.2, -0.15) is 0 Å². The molecule has 0 aliphatic heterocycles. The molecule has 0 saturated heterocycles. The third kappa shape index (κ3) is 37.2. The van der Waals surface area contributed by atoms with E-state index in [0.29, 0.717) is 6.42 Å². The van der Waals surface area contributed by atoms with Crippen LogP contribution in [-0.2, 0) is 4.79 Å². The smallest absolute Gasteiger partial charge is 0.249 e. The molecule has 0 aliphatic rings. The van der Waals surface area contributed by atoms with Crippen molar-refractivity contribution in [3.63, 3.8) is 0 Å². The molecular weight excluding hydrogens is 631 g/mol. The molecule has 4 N–H and O–H groups in total. The number of hydrogen-bond donors (Lipinski definition) is 4. The van der Waals surface area contributed by atoms with E-state index in [-0.39, 0.29) is 6.61 Å². The Morgan fingerprint density at radius 3 is 1.08 bits per heavy atom. The van der Waals surface area contributed by atoms with Gasteiger partial charge in [-0.1, -0.05) is 244 Å². The van der Waals surface area contributed by atoms with Crippen LogP contribution >= 0.6 is 0 Å². The number of nitrogens with one attached hydrogen (secondary N) is 1. The Labute approximate surface area is 319 Å². The molecule has 5 heteroatoms. The van der Waals surface area contributed by atoms with Crippen LogP contribution in [0.25, 0.3) is 0 Å². The zero-order valence-corrected chi connectivity index (χ0v) is 34.5. The van der Waals surface area contributed by atoms with Gasteiger partial charge in [0.2, 0.25) is 5.91 Å². The standard InChI is InChI=1S/C46H91NO4/c1-3-5-7-9-11-13-15-17-18-19-20-21-22-23-24-25-26-27-29-30-32-34-36-38-40-44(49)43(42-48)47-46(51)45(50)41-39-37-35-33-31-28-16-14-12-10-8-6-4-2/h38,40,43-45,48-50H,3-37,39,41-42H2,1-2H3,(H,47,51)/b40-38+. The van der Waals surface area contributed by atoms with E-state index in [0.717, 1.165) is 32.1 Å². The average molecular weight is 722 g/mol. The van der Waals surface area contributed by atoms with Crippen molar-refractivity contribution in [2.24, 2.45) is 0 Å². The first kappa shape index (κ1) is 50.1. The summed E-state index contributed by atoms with van der Waals surface area (Å²) in [6.45, 7) is 4.19. The van der Waals surface area contributed by atoms with Gasteiger partial charge in [-0.05, 0) is 19.3 Å². The molecule has 0 radical (unpaired) electrons. The van der Waals surface area contributed by atoms with Gasteiger partial charge in [-0.15, -0.1) is 0 Å². The summed E-state index contributed by atoms with van der Waals surface area (Å²) in [6, 6.07) is -0.792. The molecule has 51 heavy (non-hydrogen) atoms. The first-order chi connectivity index (χ1) is 25.1. The molecule has 0 heterocycles. The van der Waals surface area contributed by atoms with Crippen LogP contribution in [0.3, 0.4) is 0 Å². The van der Waals surface area contributed by atoms with Crippen molar-refractivity contribution >= 4 is 5.91 Å². The van der Waals surface area contributed by atoms with Crippen LogP contribution in [-0.4, -0.2) is 46.1 Å². The fraction of sp³-hybridized carbons (Fsp3) is 0.935. The van der Waals surface area contributed by atoms with Crippen LogP contribution in [0.1, 0.15) is 251 Å². The van der Waals surface area contributed by atoms with Crippen molar-refractivity contribution in [1.29, 1.82) is 0 Å². The maximum Gasteiger partial charge on any atom is 0.249 e. The molecule has 5 nitrogen and oxygen atoms in total. The van der Waals surface area contributed by atoms with Gasteiger partial charge in [0.05, 0.1) is 18.8 Å². The Morgan fingerprint density at radius 2 is 0.765 bits per heavy atom. The molecule has 0 spiro atoms. The molecular formula is C46H91NO4. The van der Waals surface area contributed by atoms with E-state index < -0.39 is 24.2 Å². The molecule has 0 saturated carbocycles. The summed E-state index contributed by atoms with van der Waals surface area (Å²) < 4.78 is 0. The third-order valence-corrected chi connectivity index (χ3v) is 10.9. The highest BCUT2D eigenvalue weighted by Crippen LogP contribution is 2.17. The SMILES string of the molecule is CCCCCCCCCCCCCCCCCCCCCCCC/C=C/C(O)C(CO)NC(=O)C(O)CCCCCCCCCCCCCCC. The van der Waals surface area contributed by atoms with E-state index in [1.54, 1.807) is 6.08 Å². The molecule has 0 aromatic heterocycles. The van der Waals surface area contributed by atoms with Crippen molar-refractivity contribution in [2.45, 2.75) is 270 Å². The van der Waals surface area contributed by atoms with E-state index in [9.17, 15) is 20.1 Å². The highest BCUT2D eigenvalue weighted by molar-refractivity contribution is 5.80. The van der Waals surface area contributed by atoms with Gasteiger partial charge in [0.15, 0.2) is 0 Å². The predicted octanol–water partition coefficient (Wildman–Crippen LogP) is 13.2. The summed E-state index contributed by atoms with van der Waals surface area (Å²) in [5, 5.41) is 33.1. The Morgan fingerprint density at radius 1 is 0.471 bits per heavy atom. The first-order valence-corrected chi connectivity index (χ1v) is 23.0. The van der Waals surface area contributed by atoms with Crippen LogP contribution in [0.5, 0.6) is 0 Å². The van der Waals surface area contributed by atoms with E-state index >= 15 is 0 Å². The maximum atomic E-state index is 12.4. The second-order valence-corrected chi connectivity index (χ2v) is 16.0. The minimum Gasteiger partial charge on any atom is -0.394 e. The zero-order valence-electron chi connectivity index (χ0n) is 34.5. The number of allylic oxidation sites excluding steroid dienone is 1. The van der Waals surface area contributed by atoms with E-state index in [1.807, 2.05) is 6.08 Å². The van der Waals surface area contributed by atoms with Gasteiger partial charge >= 0.3 is 0 Å². The van der Waals surface area contributed by atoms with E-state index in [4.69, 9.17) is 0 Å². The highest BCUT2D eigenvalue weighted by atomic mass is 16.3. The van der Waals surface area contributed by atoms with Gasteiger partial charge in [-0.3, -0.25) is 4.79 Å². The van der Waals surface area contributed by atoms with Crippen molar-refractivity contribution in [2.75, 3.05) is 6.61 Å². The van der Waals surface area contributed by atoms with Gasteiger partial charge in [-0.25, -0.2) is 0 Å². The summed E-state index contributed by atoms with van der Waals surface area (Å²) in [5.74, 6) is -0.500. The quantitative estimate of drug-likeness (QED) is 0.0373. The summed E-state index contributed by atoms with van der Waals surface area (Å²) in [5.41, 5.74) is 0. The molecule has 0 rings (SSSR count).